The van der Waals surface area contributed by atoms with Crippen molar-refractivity contribution in [3.05, 3.63) is 29.8 Å². The van der Waals surface area contributed by atoms with Gasteiger partial charge >= 0.3 is 0 Å². The second-order valence-corrected chi connectivity index (χ2v) is 5.26. The van der Waals surface area contributed by atoms with Gasteiger partial charge in [-0.1, -0.05) is 25.1 Å². The van der Waals surface area contributed by atoms with Crippen molar-refractivity contribution in [1.29, 1.82) is 0 Å². The highest BCUT2D eigenvalue weighted by molar-refractivity contribution is 5.56. The molecule has 3 heteroatoms. The van der Waals surface area contributed by atoms with Crippen molar-refractivity contribution in [2.75, 3.05) is 31.7 Å². The van der Waals surface area contributed by atoms with E-state index in [1.165, 1.54) is 24.1 Å². The van der Waals surface area contributed by atoms with Crippen molar-refractivity contribution in [2.45, 2.75) is 38.8 Å². The van der Waals surface area contributed by atoms with Gasteiger partial charge in [0, 0.05) is 31.4 Å². The standard InChI is InChI=1S/C16H26N2O/c1-4-17-13(2)15-7-5-6-8-16(15)18(11-12-19-3)14-9-10-14/h5-8,13-14,17H,4,9-12H2,1-3H3. The highest BCUT2D eigenvalue weighted by Crippen LogP contribution is 2.35. The van der Waals surface area contributed by atoms with Gasteiger partial charge in [0.2, 0.25) is 0 Å². The van der Waals surface area contributed by atoms with E-state index in [-0.39, 0.29) is 0 Å². The molecule has 1 aromatic rings. The maximum Gasteiger partial charge on any atom is 0.0637 e. The van der Waals surface area contributed by atoms with E-state index in [1.54, 1.807) is 7.11 Å². The lowest BCUT2D eigenvalue weighted by Crippen LogP contribution is -2.31. The third-order valence-electron chi connectivity index (χ3n) is 3.75. The monoisotopic (exact) mass is 262 g/mol. The van der Waals surface area contributed by atoms with Gasteiger partial charge in [-0.2, -0.15) is 0 Å². The second-order valence-electron chi connectivity index (χ2n) is 5.26. The van der Waals surface area contributed by atoms with Crippen LogP contribution in [0.2, 0.25) is 0 Å². The Balaban J connectivity index is 2.20. The Morgan fingerprint density at radius 3 is 2.74 bits per heavy atom. The molecule has 1 aromatic carbocycles. The minimum absolute atomic E-state index is 0.394. The van der Waals surface area contributed by atoms with E-state index in [0.29, 0.717) is 12.1 Å². The molecule has 0 saturated heterocycles. The Kier molecular flexibility index (Phi) is 5.23. The maximum absolute atomic E-state index is 5.26. The summed E-state index contributed by atoms with van der Waals surface area (Å²) in [6, 6.07) is 9.87. The van der Waals surface area contributed by atoms with Crippen LogP contribution >= 0.6 is 0 Å². The Hall–Kier alpha value is -1.06. The summed E-state index contributed by atoms with van der Waals surface area (Å²) in [5.41, 5.74) is 2.77. The molecular formula is C16H26N2O. The van der Waals surface area contributed by atoms with Gasteiger partial charge in [0.25, 0.3) is 0 Å². The number of benzene rings is 1. The van der Waals surface area contributed by atoms with Crippen molar-refractivity contribution in [3.8, 4) is 0 Å². The quantitative estimate of drug-likeness (QED) is 0.779. The first-order valence-corrected chi connectivity index (χ1v) is 7.35. The van der Waals surface area contributed by atoms with Gasteiger partial charge in [0.05, 0.1) is 6.61 Å². The minimum Gasteiger partial charge on any atom is -0.383 e. The summed E-state index contributed by atoms with van der Waals surface area (Å²) in [5.74, 6) is 0. The number of hydrogen-bond acceptors (Lipinski definition) is 3. The number of nitrogens with one attached hydrogen (secondary N) is 1. The first kappa shape index (κ1) is 14.4. The molecule has 3 nitrogen and oxygen atoms in total. The van der Waals surface area contributed by atoms with E-state index < -0.39 is 0 Å². The summed E-state index contributed by atoms with van der Waals surface area (Å²) < 4.78 is 5.26. The van der Waals surface area contributed by atoms with Crippen molar-refractivity contribution < 1.29 is 4.74 Å². The molecule has 0 bridgehead atoms. The molecule has 1 aliphatic rings. The predicted octanol–water partition coefficient (Wildman–Crippen LogP) is 2.97. The fourth-order valence-corrected chi connectivity index (χ4v) is 2.61. The summed E-state index contributed by atoms with van der Waals surface area (Å²) in [5, 5.41) is 3.51. The molecule has 1 atom stereocenters. The number of anilines is 1. The Bertz CT molecular complexity index is 390. The molecule has 0 heterocycles. The van der Waals surface area contributed by atoms with Gasteiger partial charge in [-0.15, -0.1) is 0 Å². The van der Waals surface area contributed by atoms with Crippen LogP contribution in [0.4, 0.5) is 5.69 Å². The fraction of sp³-hybridized carbons (Fsp3) is 0.625. The highest BCUT2D eigenvalue weighted by atomic mass is 16.5. The zero-order valence-corrected chi connectivity index (χ0v) is 12.4. The molecule has 0 aliphatic heterocycles. The lowest BCUT2D eigenvalue weighted by Gasteiger charge is -2.29. The molecule has 2 rings (SSSR count). The molecule has 0 aromatic heterocycles. The average molecular weight is 262 g/mol. The number of hydrogen-bond donors (Lipinski definition) is 1. The summed E-state index contributed by atoms with van der Waals surface area (Å²) in [7, 11) is 1.78. The van der Waals surface area contributed by atoms with Gasteiger partial charge < -0.3 is 15.0 Å². The van der Waals surface area contributed by atoms with Crippen LogP contribution in [0.3, 0.4) is 0 Å². The van der Waals surface area contributed by atoms with Crippen molar-refractivity contribution in [1.82, 2.24) is 5.32 Å². The zero-order valence-electron chi connectivity index (χ0n) is 12.4. The van der Waals surface area contributed by atoms with Gasteiger partial charge in [0.1, 0.15) is 0 Å². The first-order valence-electron chi connectivity index (χ1n) is 7.35. The van der Waals surface area contributed by atoms with Crippen molar-refractivity contribution in [3.63, 3.8) is 0 Å². The van der Waals surface area contributed by atoms with Gasteiger partial charge in [-0.3, -0.25) is 0 Å². The third kappa shape index (κ3) is 3.71. The molecule has 0 amide bonds. The van der Waals surface area contributed by atoms with E-state index in [4.69, 9.17) is 4.74 Å². The van der Waals surface area contributed by atoms with E-state index >= 15 is 0 Å². The highest BCUT2D eigenvalue weighted by Gasteiger charge is 2.30. The van der Waals surface area contributed by atoms with Crippen LogP contribution < -0.4 is 10.2 Å². The summed E-state index contributed by atoms with van der Waals surface area (Å²) in [6.45, 7) is 7.17. The van der Waals surface area contributed by atoms with Crippen LogP contribution in [-0.4, -0.2) is 32.8 Å². The second kappa shape index (κ2) is 6.92. The van der Waals surface area contributed by atoms with Gasteiger partial charge in [-0.25, -0.2) is 0 Å². The van der Waals surface area contributed by atoms with Gasteiger partial charge in [0.15, 0.2) is 0 Å². The third-order valence-corrected chi connectivity index (χ3v) is 3.75. The zero-order chi connectivity index (χ0) is 13.7. The molecule has 1 saturated carbocycles. The fourth-order valence-electron chi connectivity index (χ4n) is 2.61. The van der Waals surface area contributed by atoms with Crippen LogP contribution in [0.25, 0.3) is 0 Å². The molecule has 1 fully saturated rings. The van der Waals surface area contributed by atoms with Crippen LogP contribution in [0.5, 0.6) is 0 Å². The van der Waals surface area contributed by atoms with Crippen LogP contribution in [0.1, 0.15) is 38.3 Å². The number of para-hydroxylation sites is 1. The SMILES string of the molecule is CCNC(C)c1ccccc1N(CCOC)C1CC1. The Labute approximate surface area is 116 Å². The van der Waals surface area contributed by atoms with Crippen LogP contribution in [0, 0.1) is 0 Å². The lowest BCUT2D eigenvalue weighted by molar-refractivity contribution is 0.205. The minimum atomic E-state index is 0.394. The number of rotatable bonds is 8. The summed E-state index contributed by atoms with van der Waals surface area (Å²) in [4.78, 5) is 2.52. The largest absolute Gasteiger partial charge is 0.383 e. The average Bonchev–Trinajstić information content (AvgIpc) is 3.25. The number of nitrogens with zero attached hydrogens (tertiary/aromatic N) is 1. The van der Waals surface area contributed by atoms with Crippen LogP contribution in [0.15, 0.2) is 24.3 Å². The molecule has 0 spiro atoms. The van der Waals surface area contributed by atoms with E-state index in [2.05, 4.69) is 48.3 Å². The summed E-state index contributed by atoms with van der Waals surface area (Å²) >= 11 is 0. The van der Waals surface area contributed by atoms with E-state index in [9.17, 15) is 0 Å². The van der Waals surface area contributed by atoms with Gasteiger partial charge in [-0.05, 0) is 37.9 Å². The lowest BCUT2D eigenvalue weighted by atomic mass is 10.0. The molecule has 1 aliphatic carbocycles. The van der Waals surface area contributed by atoms with Crippen LogP contribution in [-0.2, 0) is 4.74 Å². The Morgan fingerprint density at radius 2 is 2.11 bits per heavy atom. The number of methoxy groups -OCH3 is 1. The van der Waals surface area contributed by atoms with Crippen molar-refractivity contribution >= 4 is 5.69 Å². The maximum atomic E-state index is 5.26. The smallest absolute Gasteiger partial charge is 0.0637 e. The normalized spacial score (nSPS) is 16.4. The molecule has 1 N–H and O–H groups in total. The molecule has 106 valence electrons. The molecular weight excluding hydrogens is 236 g/mol. The summed E-state index contributed by atoms with van der Waals surface area (Å²) in [6.07, 6.45) is 2.63. The first-order chi connectivity index (χ1) is 9.27. The predicted molar refractivity (Wildman–Crippen MR) is 80.8 cm³/mol. The molecule has 0 radical (unpaired) electrons. The number of ether oxygens (including phenoxy) is 1. The van der Waals surface area contributed by atoms with E-state index in [1.807, 2.05) is 0 Å². The van der Waals surface area contributed by atoms with Crippen molar-refractivity contribution in [2.24, 2.45) is 0 Å². The van der Waals surface area contributed by atoms with E-state index in [0.717, 1.165) is 19.7 Å². The Morgan fingerprint density at radius 1 is 1.37 bits per heavy atom. The topological polar surface area (TPSA) is 24.5 Å². The molecule has 19 heavy (non-hydrogen) atoms. The molecule has 1 unspecified atom stereocenters.